The van der Waals surface area contributed by atoms with Crippen LogP contribution in [-0.4, -0.2) is 17.9 Å². The fourth-order valence-corrected chi connectivity index (χ4v) is 2.91. The van der Waals surface area contributed by atoms with E-state index in [4.69, 9.17) is 15.9 Å². The highest BCUT2D eigenvalue weighted by molar-refractivity contribution is 9.10. The highest BCUT2D eigenvalue weighted by Crippen LogP contribution is 2.33. The maximum Gasteiger partial charge on any atom is 0.286 e. The Morgan fingerprint density at radius 2 is 1.85 bits per heavy atom. The Kier molecular flexibility index (Phi) is 6.42. The van der Waals surface area contributed by atoms with Crippen LogP contribution in [0.5, 0.6) is 0 Å². The Balaban J connectivity index is 0.00000243. The highest BCUT2D eigenvalue weighted by Gasteiger charge is 2.23. The molecule has 3 aromatic rings. The van der Waals surface area contributed by atoms with E-state index in [2.05, 4.69) is 21.2 Å². The summed E-state index contributed by atoms with van der Waals surface area (Å²) in [5, 5.41) is 3.26. The third-order valence-electron chi connectivity index (χ3n) is 3.76. The molecule has 0 bridgehead atoms. The van der Waals surface area contributed by atoms with E-state index >= 15 is 0 Å². The van der Waals surface area contributed by atoms with Gasteiger partial charge < -0.3 is 21.2 Å². The Morgan fingerprint density at radius 1 is 1.15 bits per heavy atom. The Bertz CT molecular complexity index is 944. The van der Waals surface area contributed by atoms with Gasteiger partial charge in [0.1, 0.15) is 11.3 Å². The van der Waals surface area contributed by atoms with Gasteiger partial charge in [-0.3, -0.25) is 9.59 Å². The van der Waals surface area contributed by atoms with Crippen molar-refractivity contribution in [3.05, 3.63) is 64.3 Å². The van der Waals surface area contributed by atoms with Gasteiger partial charge in [0, 0.05) is 9.86 Å². The molecule has 2 aromatic carbocycles. The van der Waals surface area contributed by atoms with Gasteiger partial charge in [-0.1, -0.05) is 46.3 Å². The molecule has 3 rings (SSSR count). The van der Waals surface area contributed by atoms with E-state index in [1.165, 1.54) is 0 Å². The summed E-state index contributed by atoms with van der Waals surface area (Å²) in [6.45, 7) is 0. The first-order valence-electron chi connectivity index (χ1n) is 7.58. The second-order valence-corrected chi connectivity index (χ2v) is 6.51. The fraction of sp³-hybridized carbons (Fsp3) is 0.111. The van der Waals surface area contributed by atoms with E-state index < -0.39 is 17.9 Å². The molecule has 1 aromatic heterocycles. The van der Waals surface area contributed by atoms with Crippen molar-refractivity contribution in [1.82, 2.24) is 0 Å². The maximum atomic E-state index is 12.5. The number of halogens is 2. The van der Waals surface area contributed by atoms with Gasteiger partial charge in [-0.15, -0.1) is 12.4 Å². The third-order valence-corrected chi connectivity index (χ3v) is 4.25. The zero-order chi connectivity index (χ0) is 18.0. The molecule has 6 nitrogen and oxygen atoms in total. The molecule has 0 saturated carbocycles. The van der Waals surface area contributed by atoms with Crippen LogP contribution < -0.4 is 16.8 Å². The second kappa shape index (κ2) is 8.35. The number of hydrogen-bond donors (Lipinski definition) is 3. The molecular weight excluding hydrogens is 422 g/mol. The molecule has 8 heteroatoms. The van der Waals surface area contributed by atoms with Gasteiger partial charge in [0.15, 0.2) is 0 Å². The lowest BCUT2D eigenvalue weighted by atomic mass is 10.1. The molecular formula is C18H17BrClN3O3. The van der Waals surface area contributed by atoms with Crippen LogP contribution in [0.1, 0.15) is 16.1 Å². The predicted octanol–water partition coefficient (Wildman–Crippen LogP) is 3.22. The van der Waals surface area contributed by atoms with E-state index in [1.54, 1.807) is 18.2 Å². The van der Waals surface area contributed by atoms with Crippen LogP contribution in [0.15, 0.2) is 57.4 Å². The van der Waals surface area contributed by atoms with Gasteiger partial charge in [-0.2, -0.15) is 0 Å². The number of primary amides is 1. The van der Waals surface area contributed by atoms with Gasteiger partial charge in [0.2, 0.25) is 11.7 Å². The molecule has 0 saturated heterocycles. The molecule has 1 heterocycles. The molecule has 1 atom stereocenters. The van der Waals surface area contributed by atoms with Crippen molar-refractivity contribution in [1.29, 1.82) is 0 Å². The summed E-state index contributed by atoms with van der Waals surface area (Å²) in [5.74, 6) is -1.29. The Morgan fingerprint density at radius 3 is 2.50 bits per heavy atom. The number of carbonyl (C=O) groups excluding carboxylic acids is 2. The van der Waals surface area contributed by atoms with E-state index in [-0.39, 0.29) is 23.9 Å². The van der Waals surface area contributed by atoms with Crippen molar-refractivity contribution in [3.63, 3.8) is 0 Å². The Hall–Kier alpha value is -2.35. The molecule has 0 aliphatic heterocycles. The highest BCUT2D eigenvalue weighted by atomic mass is 79.9. The van der Waals surface area contributed by atoms with E-state index in [0.717, 1.165) is 10.0 Å². The van der Waals surface area contributed by atoms with E-state index in [9.17, 15) is 9.59 Å². The van der Waals surface area contributed by atoms with Gasteiger partial charge in [-0.05, 0) is 30.2 Å². The molecule has 136 valence electrons. The second-order valence-electron chi connectivity index (χ2n) is 5.60. The number of nitrogens with one attached hydrogen (secondary N) is 1. The van der Waals surface area contributed by atoms with Crippen LogP contribution in [0.2, 0.25) is 0 Å². The predicted molar refractivity (Wildman–Crippen MR) is 106 cm³/mol. The average molecular weight is 439 g/mol. The van der Waals surface area contributed by atoms with Crippen LogP contribution in [0.3, 0.4) is 0 Å². The molecule has 0 aliphatic carbocycles. The average Bonchev–Trinajstić information content (AvgIpc) is 2.94. The molecule has 0 spiro atoms. The lowest BCUT2D eigenvalue weighted by Crippen LogP contribution is -2.37. The molecule has 2 amide bonds. The van der Waals surface area contributed by atoms with Crippen molar-refractivity contribution < 1.29 is 14.0 Å². The topological polar surface area (TPSA) is 111 Å². The minimum absolute atomic E-state index is 0. The lowest BCUT2D eigenvalue weighted by molar-refractivity contribution is -0.117. The summed E-state index contributed by atoms with van der Waals surface area (Å²) < 4.78 is 6.24. The monoisotopic (exact) mass is 437 g/mol. The zero-order valence-electron chi connectivity index (χ0n) is 13.6. The minimum atomic E-state index is -0.778. The summed E-state index contributed by atoms with van der Waals surface area (Å²) in [4.78, 5) is 24.1. The lowest BCUT2D eigenvalue weighted by Gasteiger charge is -2.12. The number of amides is 2. The number of fused-ring (bicyclic) bond motifs is 1. The van der Waals surface area contributed by atoms with Crippen LogP contribution in [0, 0.1) is 0 Å². The van der Waals surface area contributed by atoms with E-state index in [1.807, 2.05) is 30.3 Å². The number of nitrogens with two attached hydrogens (primary N) is 2. The smallest absolute Gasteiger partial charge is 0.286 e. The van der Waals surface area contributed by atoms with E-state index in [0.29, 0.717) is 17.4 Å². The van der Waals surface area contributed by atoms with Crippen molar-refractivity contribution >= 4 is 56.8 Å². The number of furan rings is 1. The summed E-state index contributed by atoms with van der Waals surface area (Å²) in [6, 6.07) is 13.9. The normalized spacial score (nSPS) is 11.6. The van der Waals surface area contributed by atoms with Gasteiger partial charge in [0.05, 0.1) is 6.04 Å². The van der Waals surface area contributed by atoms with Gasteiger partial charge in [0.25, 0.3) is 5.91 Å². The first kappa shape index (κ1) is 20.0. The van der Waals surface area contributed by atoms with Crippen LogP contribution in [-0.2, 0) is 11.2 Å². The number of rotatable bonds is 5. The van der Waals surface area contributed by atoms with Crippen molar-refractivity contribution in [3.8, 4) is 0 Å². The molecule has 0 fully saturated rings. The fourth-order valence-electron chi connectivity index (χ4n) is 2.54. The summed E-state index contributed by atoms with van der Waals surface area (Å²) in [6.07, 6.45) is 0.373. The number of anilines is 1. The molecule has 1 unspecified atom stereocenters. The van der Waals surface area contributed by atoms with Crippen molar-refractivity contribution in [2.24, 2.45) is 11.5 Å². The number of carbonyl (C=O) groups is 2. The van der Waals surface area contributed by atoms with Gasteiger partial charge in [-0.25, -0.2) is 0 Å². The largest absolute Gasteiger partial charge is 0.449 e. The molecule has 0 radical (unpaired) electrons. The van der Waals surface area contributed by atoms with Crippen LogP contribution in [0.25, 0.3) is 11.0 Å². The standard InChI is InChI=1S/C18H16BrN3O3.ClH/c19-11-6-7-14-12(9-11)15(16(25-14)17(21)23)22-18(24)13(20)8-10-4-2-1-3-5-10;/h1-7,9,13H,8,20H2,(H2,21,23)(H,22,24);1H. The van der Waals surface area contributed by atoms with Gasteiger partial charge >= 0.3 is 0 Å². The number of benzene rings is 2. The first-order valence-corrected chi connectivity index (χ1v) is 8.37. The zero-order valence-corrected chi connectivity index (χ0v) is 16.0. The quantitative estimate of drug-likeness (QED) is 0.568. The summed E-state index contributed by atoms with van der Waals surface area (Å²) in [7, 11) is 0. The maximum absolute atomic E-state index is 12.5. The van der Waals surface area contributed by atoms with Crippen LogP contribution >= 0.6 is 28.3 Å². The Labute approximate surface area is 164 Å². The number of hydrogen-bond acceptors (Lipinski definition) is 4. The SMILES string of the molecule is Cl.NC(=O)c1oc2ccc(Br)cc2c1NC(=O)C(N)Cc1ccccc1. The summed E-state index contributed by atoms with van der Waals surface area (Å²) >= 11 is 3.36. The molecule has 0 aliphatic rings. The first-order chi connectivity index (χ1) is 12.0. The molecule has 5 N–H and O–H groups in total. The van der Waals surface area contributed by atoms with Crippen LogP contribution in [0.4, 0.5) is 5.69 Å². The third kappa shape index (κ3) is 4.24. The summed E-state index contributed by atoms with van der Waals surface area (Å²) in [5.41, 5.74) is 13.0. The van der Waals surface area contributed by atoms with Crippen molar-refractivity contribution in [2.45, 2.75) is 12.5 Å². The minimum Gasteiger partial charge on any atom is -0.449 e. The van der Waals surface area contributed by atoms with Crippen molar-refractivity contribution in [2.75, 3.05) is 5.32 Å². The molecule has 26 heavy (non-hydrogen) atoms.